The van der Waals surface area contributed by atoms with Gasteiger partial charge in [-0.25, -0.2) is 0 Å². The molecule has 3 heterocycles. The second-order valence-electron chi connectivity index (χ2n) is 11.3. The Morgan fingerprint density at radius 1 is 0.605 bits per heavy atom. The molecule has 0 fully saturated rings. The summed E-state index contributed by atoms with van der Waals surface area (Å²) in [5.41, 5.74) is 14.7. The fraction of sp³-hybridized carbons (Fsp3) is 0.0857. The second-order valence-corrected chi connectivity index (χ2v) is 11.3. The summed E-state index contributed by atoms with van der Waals surface area (Å²) in [7, 11) is 0. The van der Waals surface area contributed by atoms with Crippen LogP contribution < -0.4 is 10.4 Å². The van der Waals surface area contributed by atoms with Crippen molar-refractivity contribution in [3.63, 3.8) is 0 Å². The molecular formula is C35H25BN2. The van der Waals surface area contributed by atoms with Gasteiger partial charge in [-0.1, -0.05) is 105 Å². The van der Waals surface area contributed by atoms with E-state index in [1.807, 2.05) is 0 Å². The molecular weight excluding hydrogens is 459 g/mol. The highest BCUT2D eigenvalue weighted by Gasteiger charge is 2.51. The van der Waals surface area contributed by atoms with Gasteiger partial charge in [-0.15, -0.1) is 0 Å². The van der Waals surface area contributed by atoms with Gasteiger partial charge >= 0.3 is 6.85 Å². The Bertz CT molecular complexity index is 2010. The third-order valence-corrected chi connectivity index (χ3v) is 9.13. The number of benzene rings is 5. The lowest BCUT2D eigenvalue weighted by Crippen LogP contribution is -2.50. The molecule has 0 amide bonds. The molecule has 3 aliphatic rings. The normalized spacial score (nSPS) is 16.2. The molecule has 1 aromatic heterocycles. The van der Waals surface area contributed by atoms with Gasteiger partial charge in [-0.05, 0) is 51.9 Å². The van der Waals surface area contributed by atoms with Crippen LogP contribution in [-0.4, -0.2) is 11.3 Å². The van der Waals surface area contributed by atoms with Crippen molar-refractivity contribution in [2.75, 3.05) is 4.90 Å². The number of hydrogen-bond acceptors (Lipinski definition) is 1. The minimum absolute atomic E-state index is 0.108. The number of para-hydroxylation sites is 3. The minimum Gasteiger partial charge on any atom is -0.375 e. The third-order valence-electron chi connectivity index (χ3n) is 9.13. The van der Waals surface area contributed by atoms with Gasteiger partial charge in [0.1, 0.15) is 0 Å². The van der Waals surface area contributed by atoms with E-state index < -0.39 is 0 Å². The Hall–Kier alpha value is -4.50. The molecule has 2 nitrogen and oxygen atoms in total. The summed E-state index contributed by atoms with van der Waals surface area (Å²) in [6, 6.07) is 42.7. The molecule has 178 valence electrons. The van der Waals surface area contributed by atoms with Gasteiger partial charge in [0, 0.05) is 49.9 Å². The van der Waals surface area contributed by atoms with E-state index >= 15 is 0 Å². The number of rotatable bonds is 1. The van der Waals surface area contributed by atoms with Gasteiger partial charge in [-0.3, -0.25) is 0 Å². The molecule has 1 aliphatic carbocycles. The average molecular weight is 484 g/mol. The zero-order valence-electron chi connectivity index (χ0n) is 21.4. The van der Waals surface area contributed by atoms with Crippen LogP contribution in [0.4, 0.5) is 11.4 Å². The van der Waals surface area contributed by atoms with Gasteiger partial charge in [-0.2, -0.15) is 0 Å². The van der Waals surface area contributed by atoms with E-state index in [1.54, 1.807) is 0 Å². The lowest BCUT2D eigenvalue weighted by atomic mass is 9.43. The van der Waals surface area contributed by atoms with Gasteiger partial charge in [0.25, 0.3) is 0 Å². The highest BCUT2D eigenvalue weighted by Crippen LogP contribution is 2.56. The molecule has 38 heavy (non-hydrogen) atoms. The summed E-state index contributed by atoms with van der Waals surface area (Å²) < 4.78 is 2.65. The Kier molecular flexibility index (Phi) is 3.72. The van der Waals surface area contributed by atoms with E-state index in [4.69, 9.17) is 0 Å². The summed E-state index contributed by atoms with van der Waals surface area (Å²) in [5.74, 6) is 0. The lowest BCUT2D eigenvalue weighted by molar-refractivity contribution is 0.625. The molecule has 0 bridgehead atoms. The van der Waals surface area contributed by atoms with Crippen molar-refractivity contribution in [3.05, 3.63) is 132 Å². The predicted octanol–water partition coefficient (Wildman–Crippen LogP) is 7.92. The number of fused-ring (bicyclic) bond motifs is 8. The molecule has 0 spiro atoms. The quantitative estimate of drug-likeness (QED) is 0.215. The number of aromatic nitrogens is 1. The molecule has 0 unspecified atom stereocenters. The molecule has 5 aromatic carbocycles. The van der Waals surface area contributed by atoms with Crippen molar-refractivity contribution in [1.82, 2.24) is 4.48 Å². The SMILES string of the molecule is CC1(C)C2=C(B3c4c(cccc4N2c2ccccc2)-c2cccc4c5ccccc5n3c24)c2ccccc21. The first-order valence-corrected chi connectivity index (χ1v) is 13.5. The first-order valence-electron chi connectivity index (χ1n) is 13.5. The monoisotopic (exact) mass is 484 g/mol. The molecule has 2 aliphatic heterocycles. The predicted molar refractivity (Wildman–Crippen MR) is 161 cm³/mol. The second kappa shape index (κ2) is 6.87. The molecule has 9 rings (SSSR count). The summed E-state index contributed by atoms with van der Waals surface area (Å²) in [6.07, 6.45) is 0. The van der Waals surface area contributed by atoms with Crippen LogP contribution in [0.15, 0.2) is 121 Å². The molecule has 0 N–H and O–H groups in total. The van der Waals surface area contributed by atoms with E-state index in [0.29, 0.717) is 0 Å². The van der Waals surface area contributed by atoms with Crippen LogP contribution in [-0.2, 0) is 5.41 Å². The van der Waals surface area contributed by atoms with Crippen LogP contribution in [0, 0.1) is 0 Å². The molecule has 0 atom stereocenters. The molecule has 0 saturated heterocycles. The number of allylic oxidation sites excluding steroid dienone is 1. The fourth-order valence-corrected chi connectivity index (χ4v) is 7.71. The Balaban J connectivity index is 1.52. The summed E-state index contributed by atoms with van der Waals surface area (Å²) in [4.78, 5) is 2.56. The summed E-state index contributed by atoms with van der Waals surface area (Å²) >= 11 is 0. The summed E-state index contributed by atoms with van der Waals surface area (Å²) in [5, 5.41) is 2.67. The molecule has 0 radical (unpaired) electrons. The summed E-state index contributed by atoms with van der Waals surface area (Å²) in [6.45, 7) is 4.91. The minimum atomic E-state index is -0.144. The number of nitrogens with zero attached hydrogens (tertiary/aromatic N) is 2. The number of anilines is 2. The van der Waals surface area contributed by atoms with Gasteiger partial charge < -0.3 is 9.38 Å². The Morgan fingerprint density at radius 3 is 2.18 bits per heavy atom. The van der Waals surface area contributed by atoms with Crippen LogP contribution in [0.1, 0.15) is 25.0 Å². The smallest absolute Gasteiger partial charge is 0.333 e. The molecule has 0 saturated carbocycles. The van der Waals surface area contributed by atoms with E-state index in [-0.39, 0.29) is 12.3 Å². The van der Waals surface area contributed by atoms with E-state index in [0.717, 1.165) is 0 Å². The van der Waals surface area contributed by atoms with Crippen LogP contribution in [0.3, 0.4) is 0 Å². The average Bonchev–Trinajstić information content (AvgIpc) is 3.42. The van der Waals surface area contributed by atoms with E-state index in [9.17, 15) is 0 Å². The maximum Gasteiger partial charge on any atom is 0.333 e. The van der Waals surface area contributed by atoms with Gasteiger partial charge in [0.15, 0.2) is 0 Å². The van der Waals surface area contributed by atoms with Crippen LogP contribution >= 0.6 is 0 Å². The highest BCUT2D eigenvalue weighted by molar-refractivity contribution is 6.93. The largest absolute Gasteiger partial charge is 0.375 e. The number of hydrogen-bond donors (Lipinski definition) is 0. The van der Waals surface area contributed by atoms with Crippen molar-refractivity contribution in [2.45, 2.75) is 19.3 Å². The third kappa shape index (κ3) is 2.28. The zero-order chi connectivity index (χ0) is 25.2. The van der Waals surface area contributed by atoms with Gasteiger partial charge in [0.05, 0.1) is 0 Å². The highest BCUT2D eigenvalue weighted by atomic mass is 15.2. The lowest BCUT2D eigenvalue weighted by Gasteiger charge is -2.43. The van der Waals surface area contributed by atoms with Crippen LogP contribution in [0.25, 0.3) is 38.4 Å². The standard InChI is InChI=1S/C35H25BN2/c1-35(2)28-19-8-6-15-27(28)32-34(35)37(22-12-4-3-5-13-22)30-21-11-16-24-26-18-10-17-25-23-14-7-9-20-29(23)38(33(25)26)36(32)31(24)30/h3-21H,1-2H3. The van der Waals surface area contributed by atoms with Gasteiger partial charge in [0.2, 0.25) is 0 Å². The zero-order valence-corrected chi connectivity index (χ0v) is 21.4. The molecule has 3 heteroatoms. The van der Waals surface area contributed by atoms with Crippen LogP contribution in [0.2, 0.25) is 0 Å². The van der Waals surface area contributed by atoms with Crippen molar-refractivity contribution in [1.29, 1.82) is 0 Å². The van der Waals surface area contributed by atoms with Crippen molar-refractivity contribution >= 4 is 51.0 Å². The van der Waals surface area contributed by atoms with E-state index in [2.05, 4.69) is 138 Å². The topological polar surface area (TPSA) is 8.17 Å². The Labute approximate surface area is 222 Å². The van der Waals surface area contributed by atoms with E-state index in [1.165, 1.54) is 72.1 Å². The maximum absolute atomic E-state index is 2.65. The first kappa shape index (κ1) is 20.5. The fourth-order valence-electron chi connectivity index (χ4n) is 7.71. The first-order chi connectivity index (χ1) is 18.7. The maximum atomic E-state index is 2.65. The van der Waals surface area contributed by atoms with Crippen molar-refractivity contribution in [2.24, 2.45) is 0 Å². The molecule has 6 aromatic rings. The van der Waals surface area contributed by atoms with Crippen LogP contribution in [0.5, 0.6) is 0 Å². The van der Waals surface area contributed by atoms with Crippen molar-refractivity contribution in [3.8, 4) is 11.1 Å². The Morgan fingerprint density at radius 2 is 1.29 bits per heavy atom. The van der Waals surface area contributed by atoms with Crippen molar-refractivity contribution < 1.29 is 0 Å².